The van der Waals surface area contributed by atoms with Crippen molar-refractivity contribution in [1.82, 2.24) is 14.8 Å². The Hall–Kier alpha value is -2.63. The second-order valence-corrected chi connectivity index (χ2v) is 7.14. The highest BCUT2D eigenvalue weighted by Crippen LogP contribution is 2.46. The molecule has 130 valence electrons. The van der Waals surface area contributed by atoms with Crippen molar-refractivity contribution in [3.05, 3.63) is 35.5 Å². The van der Waals surface area contributed by atoms with Crippen molar-refractivity contribution in [3.8, 4) is 0 Å². The maximum absolute atomic E-state index is 12.7. The van der Waals surface area contributed by atoms with Crippen LogP contribution in [0.25, 0.3) is 10.9 Å². The number of aromatic nitrogens is 1. The molecule has 2 heterocycles. The fourth-order valence-electron chi connectivity index (χ4n) is 4.36. The lowest BCUT2D eigenvalue weighted by Crippen LogP contribution is -2.39. The first-order chi connectivity index (χ1) is 11.9. The number of hydrogen-bond acceptors (Lipinski definition) is 3. The minimum atomic E-state index is -0.403. The molecule has 0 spiro atoms. The van der Waals surface area contributed by atoms with Crippen LogP contribution in [0.15, 0.2) is 24.3 Å². The van der Waals surface area contributed by atoms with Crippen LogP contribution in [-0.2, 0) is 20.8 Å². The molecule has 2 aliphatic rings. The van der Waals surface area contributed by atoms with Crippen LogP contribution in [0.4, 0.5) is 0 Å². The number of aromatic amines is 1. The van der Waals surface area contributed by atoms with E-state index in [1.807, 2.05) is 24.3 Å². The lowest BCUT2D eigenvalue weighted by atomic mass is 9.72. The molecule has 1 aromatic heterocycles. The Labute approximate surface area is 145 Å². The summed E-state index contributed by atoms with van der Waals surface area (Å²) in [6.07, 6.45) is 0.569. The van der Waals surface area contributed by atoms with E-state index in [1.165, 1.54) is 11.8 Å². The van der Waals surface area contributed by atoms with E-state index in [0.29, 0.717) is 13.0 Å². The van der Waals surface area contributed by atoms with E-state index >= 15 is 0 Å². The van der Waals surface area contributed by atoms with Gasteiger partial charge < -0.3 is 9.88 Å². The molecular weight excluding hydrogens is 318 g/mol. The number of nitrogens with zero attached hydrogens (tertiary/aromatic N) is 2. The smallest absolute Gasteiger partial charge is 0.233 e. The van der Waals surface area contributed by atoms with E-state index in [4.69, 9.17) is 0 Å². The fourth-order valence-corrected chi connectivity index (χ4v) is 4.36. The van der Waals surface area contributed by atoms with Gasteiger partial charge in [-0.15, -0.1) is 0 Å². The zero-order chi connectivity index (χ0) is 17.9. The summed E-state index contributed by atoms with van der Waals surface area (Å²) in [7, 11) is 3.29. The standard InChI is InChI=1S/C19H21N3O3/c1-10(23)21(2)9-14-16-13(18(24)22(3)19(16)25)8-12-11-6-4-5-7-15(11)20-17(12)14/h4-7,13-14,16,20H,8-9H2,1-3H3/t13-,14-,16-/m1/s1. The van der Waals surface area contributed by atoms with Crippen LogP contribution in [0, 0.1) is 11.8 Å². The topological polar surface area (TPSA) is 73.5 Å². The summed E-state index contributed by atoms with van der Waals surface area (Å²) in [5.74, 6) is -1.24. The number of carbonyl (C=O) groups is 3. The van der Waals surface area contributed by atoms with Gasteiger partial charge in [0.15, 0.2) is 0 Å². The number of nitrogens with one attached hydrogen (secondary N) is 1. The second kappa shape index (κ2) is 5.44. The number of para-hydroxylation sites is 1. The summed E-state index contributed by atoms with van der Waals surface area (Å²) in [5, 5.41) is 1.10. The van der Waals surface area contributed by atoms with E-state index in [1.54, 1.807) is 19.0 Å². The number of benzene rings is 1. The molecule has 1 N–H and O–H groups in total. The first-order valence-electron chi connectivity index (χ1n) is 8.52. The molecule has 1 fully saturated rings. The first kappa shape index (κ1) is 15.9. The summed E-state index contributed by atoms with van der Waals surface area (Å²) < 4.78 is 0. The van der Waals surface area contributed by atoms with Crippen LogP contribution in [0.5, 0.6) is 0 Å². The molecule has 1 aliphatic carbocycles. The number of fused-ring (bicyclic) bond motifs is 4. The zero-order valence-corrected chi connectivity index (χ0v) is 14.6. The number of hydrogen-bond donors (Lipinski definition) is 1. The van der Waals surface area contributed by atoms with Crippen LogP contribution >= 0.6 is 0 Å². The van der Waals surface area contributed by atoms with Gasteiger partial charge in [0, 0.05) is 50.1 Å². The average Bonchev–Trinajstić information content (AvgIpc) is 3.07. The highest BCUT2D eigenvalue weighted by Gasteiger charge is 2.53. The van der Waals surface area contributed by atoms with Crippen molar-refractivity contribution in [2.24, 2.45) is 11.8 Å². The molecule has 0 radical (unpaired) electrons. The van der Waals surface area contributed by atoms with Gasteiger partial charge in [-0.3, -0.25) is 19.3 Å². The fraction of sp³-hybridized carbons (Fsp3) is 0.421. The van der Waals surface area contributed by atoms with Crippen LogP contribution in [0.2, 0.25) is 0 Å². The minimum Gasteiger partial charge on any atom is -0.358 e. The van der Waals surface area contributed by atoms with Crippen molar-refractivity contribution < 1.29 is 14.4 Å². The summed E-state index contributed by atoms with van der Waals surface area (Å²) in [6.45, 7) is 1.93. The van der Waals surface area contributed by atoms with Crippen molar-refractivity contribution in [2.75, 3.05) is 20.6 Å². The summed E-state index contributed by atoms with van der Waals surface area (Å²) >= 11 is 0. The lowest BCUT2D eigenvalue weighted by molar-refractivity contribution is -0.138. The molecule has 1 saturated heterocycles. The summed E-state index contributed by atoms with van der Waals surface area (Å²) in [5.41, 5.74) is 3.11. The maximum atomic E-state index is 12.7. The quantitative estimate of drug-likeness (QED) is 0.843. The molecular formula is C19H21N3O3. The second-order valence-electron chi connectivity index (χ2n) is 7.14. The summed E-state index contributed by atoms with van der Waals surface area (Å²) in [4.78, 5) is 43.4. The number of imide groups is 1. The van der Waals surface area contributed by atoms with E-state index in [0.717, 1.165) is 22.2 Å². The van der Waals surface area contributed by atoms with Gasteiger partial charge in [-0.2, -0.15) is 0 Å². The van der Waals surface area contributed by atoms with Crippen molar-refractivity contribution in [2.45, 2.75) is 19.3 Å². The molecule has 0 saturated carbocycles. The van der Waals surface area contributed by atoms with Gasteiger partial charge in [0.25, 0.3) is 0 Å². The maximum Gasteiger partial charge on any atom is 0.233 e. The number of carbonyl (C=O) groups excluding carboxylic acids is 3. The number of H-pyrrole nitrogens is 1. The van der Waals surface area contributed by atoms with Gasteiger partial charge in [-0.05, 0) is 18.1 Å². The zero-order valence-electron chi connectivity index (χ0n) is 14.6. The Balaban J connectivity index is 1.87. The predicted molar refractivity (Wildman–Crippen MR) is 92.8 cm³/mol. The molecule has 6 nitrogen and oxygen atoms in total. The number of rotatable bonds is 2. The average molecular weight is 339 g/mol. The third-order valence-corrected chi connectivity index (χ3v) is 5.78. The Morgan fingerprint density at radius 1 is 1.28 bits per heavy atom. The van der Waals surface area contributed by atoms with Crippen LogP contribution < -0.4 is 0 Å². The molecule has 3 atom stereocenters. The van der Waals surface area contributed by atoms with Gasteiger partial charge in [0.1, 0.15) is 0 Å². The van der Waals surface area contributed by atoms with Crippen LogP contribution in [0.3, 0.4) is 0 Å². The third kappa shape index (κ3) is 2.20. The molecule has 3 amide bonds. The molecule has 1 aliphatic heterocycles. The van der Waals surface area contributed by atoms with Gasteiger partial charge in [0.05, 0.1) is 11.8 Å². The molecule has 6 heteroatoms. The number of likely N-dealkylation sites (tertiary alicyclic amines) is 1. The Bertz CT molecular complexity index is 900. The largest absolute Gasteiger partial charge is 0.358 e. The Morgan fingerprint density at radius 2 is 2.00 bits per heavy atom. The first-order valence-corrected chi connectivity index (χ1v) is 8.52. The number of likely N-dealkylation sites (N-methyl/N-ethyl adjacent to an activating group) is 1. The van der Waals surface area contributed by atoms with E-state index < -0.39 is 5.92 Å². The molecule has 0 unspecified atom stereocenters. The summed E-state index contributed by atoms with van der Waals surface area (Å²) in [6, 6.07) is 7.99. The normalized spacial score (nSPS) is 25.2. The molecule has 4 rings (SSSR count). The van der Waals surface area contributed by atoms with E-state index in [2.05, 4.69) is 4.98 Å². The van der Waals surface area contributed by atoms with Crippen LogP contribution in [0.1, 0.15) is 24.1 Å². The third-order valence-electron chi connectivity index (χ3n) is 5.78. The van der Waals surface area contributed by atoms with Gasteiger partial charge in [-0.1, -0.05) is 18.2 Å². The molecule has 25 heavy (non-hydrogen) atoms. The van der Waals surface area contributed by atoms with Crippen molar-refractivity contribution in [1.29, 1.82) is 0 Å². The Kier molecular flexibility index (Phi) is 3.45. The molecule has 0 bridgehead atoms. The van der Waals surface area contributed by atoms with Crippen molar-refractivity contribution in [3.63, 3.8) is 0 Å². The van der Waals surface area contributed by atoms with Gasteiger partial charge >= 0.3 is 0 Å². The van der Waals surface area contributed by atoms with Gasteiger partial charge in [-0.25, -0.2) is 0 Å². The molecule has 2 aromatic rings. The van der Waals surface area contributed by atoms with Gasteiger partial charge in [0.2, 0.25) is 17.7 Å². The highest BCUT2D eigenvalue weighted by molar-refractivity contribution is 6.06. The van der Waals surface area contributed by atoms with Crippen molar-refractivity contribution >= 4 is 28.6 Å². The van der Waals surface area contributed by atoms with Crippen LogP contribution in [-0.4, -0.2) is 53.1 Å². The highest BCUT2D eigenvalue weighted by atomic mass is 16.2. The van der Waals surface area contributed by atoms with E-state index in [-0.39, 0.29) is 29.6 Å². The SMILES string of the molecule is CC(=O)N(C)C[C@H]1c2[nH]c3ccccc3c2C[C@H]2C(=O)N(C)C(=O)[C@H]21. The number of amides is 3. The minimum absolute atomic E-state index is 0.0510. The Morgan fingerprint density at radius 3 is 2.72 bits per heavy atom. The van der Waals surface area contributed by atoms with E-state index in [9.17, 15) is 14.4 Å². The monoisotopic (exact) mass is 339 g/mol. The lowest BCUT2D eigenvalue weighted by Gasteiger charge is -2.33. The predicted octanol–water partition coefficient (Wildman–Crippen LogP) is 1.52. The molecule has 1 aromatic carbocycles.